The molecule has 0 atom stereocenters. The van der Waals surface area contributed by atoms with Gasteiger partial charge in [0.1, 0.15) is 15.7 Å². The summed E-state index contributed by atoms with van der Waals surface area (Å²) >= 11 is 1.09. The van der Waals surface area contributed by atoms with Crippen molar-refractivity contribution in [3.63, 3.8) is 0 Å². The largest absolute Gasteiger partial charge is 0.414 e. The van der Waals surface area contributed by atoms with E-state index < -0.39 is 22.3 Å². The first-order valence-electron chi connectivity index (χ1n) is 9.73. The molecule has 14 heteroatoms. The maximum Gasteiger partial charge on any atom is 0.314 e. The number of rotatable bonds is 8. The molecule has 0 unspecified atom stereocenters. The molecule has 0 spiro atoms. The van der Waals surface area contributed by atoms with Gasteiger partial charge in [-0.15, -0.1) is 21.5 Å². The zero-order valence-corrected chi connectivity index (χ0v) is 18.7. The summed E-state index contributed by atoms with van der Waals surface area (Å²) in [6.07, 6.45) is 0.0281. The molecule has 32 heavy (non-hydrogen) atoms. The van der Waals surface area contributed by atoms with Gasteiger partial charge in [-0.2, -0.15) is 8.78 Å². The second-order valence-corrected chi connectivity index (χ2v) is 10.0. The molecule has 4 rings (SSSR count). The minimum atomic E-state index is -3.64. The van der Waals surface area contributed by atoms with E-state index in [0.29, 0.717) is 41.9 Å². The Balaban J connectivity index is 1.56. The zero-order valence-electron chi connectivity index (χ0n) is 17.0. The minimum absolute atomic E-state index is 0.0464. The number of sulfonamides is 1. The van der Waals surface area contributed by atoms with Crippen LogP contribution < -0.4 is 9.21 Å². The van der Waals surface area contributed by atoms with Crippen molar-refractivity contribution in [2.75, 3.05) is 41.3 Å². The summed E-state index contributed by atoms with van der Waals surface area (Å²) in [6, 6.07) is 3.48. The molecule has 0 aliphatic carbocycles. The zero-order chi connectivity index (χ0) is 22.7. The van der Waals surface area contributed by atoms with Crippen LogP contribution in [-0.2, 0) is 21.3 Å². The highest BCUT2D eigenvalue weighted by Crippen LogP contribution is 2.30. The number of halogens is 2. The predicted octanol–water partition coefficient (Wildman–Crippen LogP) is 2.72. The SMILES string of the molecule is CCS(=O)(=O)N(Cc1ncc(-c2nnc(C(F)F)o2)s1)c1ccc(N2CCOCC2)nc1. The molecule has 0 radical (unpaired) electrons. The molecule has 10 nitrogen and oxygen atoms in total. The van der Waals surface area contributed by atoms with Gasteiger partial charge in [0.05, 0.1) is 43.6 Å². The van der Waals surface area contributed by atoms with Crippen LogP contribution in [0.2, 0.25) is 0 Å². The van der Waals surface area contributed by atoms with Crippen LogP contribution in [0.25, 0.3) is 10.8 Å². The molecule has 172 valence electrons. The smallest absolute Gasteiger partial charge is 0.314 e. The summed E-state index contributed by atoms with van der Waals surface area (Å²) in [4.78, 5) is 11.1. The van der Waals surface area contributed by atoms with Crippen LogP contribution in [0, 0.1) is 0 Å². The second-order valence-electron chi connectivity index (χ2n) is 6.75. The number of pyridine rings is 1. The maximum absolute atomic E-state index is 12.8. The molecule has 0 bridgehead atoms. The molecule has 1 saturated heterocycles. The average molecular weight is 487 g/mol. The van der Waals surface area contributed by atoms with E-state index in [1.807, 2.05) is 0 Å². The number of hydrogen-bond acceptors (Lipinski definition) is 10. The number of nitrogens with zero attached hydrogens (tertiary/aromatic N) is 6. The van der Waals surface area contributed by atoms with E-state index in [0.717, 1.165) is 17.2 Å². The third-order valence-electron chi connectivity index (χ3n) is 4.73. The molecule has 4 heterocycles. The number of aromatic nitrogens is 4. The van der Waals surface area contributed by atoms with E-state index in [4.69, 9.17) is 9.15 Å². The Bertz CT molecular complexity index is 1150. The van der Waals surface area contributed by atoms with E-state index in [1.165, 1.54) is 16.7 Å². The van der Waals surface area contributed by atoms with Gasteiger partial charge < -0.3 is 14.1 Å². The van der Waals surface area contributed by atoms with Crippen molar-refractivity contribution in [3.8, 4) is 10.8 Å². The fourth-order valence-electron chi connectivity index (χ4n) is 3.04. The highest BCUT2D eigenvalue weighted by molar-refractivity contribution is 7.92. The minimum Gasteiger partial charge on any atom is -0.414 e. The lowest BCUT2D eigenvalue weighted by Gasteiger charge is -2.28. The highest BCUT2D eigenvalue weighted by Gasteiger charge is 2.24. The van der Waals surface area contributed by atoms with E-state index >= 15 is 0 Å². The van der Waals surface area contributed by atoms with Gasteiger partial charge in [0, 0.05) is 13.1 Å². The number of morpholine rings is 1. The molecule has 1 aliphatic rings. The third kappa shape index (κ3) is 4.86. The van der Waals surface area contributed by atoms with Crippen molar-refractivity contribution < 1.29 is 26.4 Å². The monoisotopic (exact) mass is 486 g/mol. The van der Waals surface area contributed by atoms with Gasteiger partial charge in [-0.3, -0.25) is 4.31 Å². The topological polar surface area (TPSA) is 115 Å². The highest BCUT2D eigenvalue weighted by atomic mass is 32.2. The van der Waals surface area contributed by atoms with Crippen molar-refractivity contribution in [3.05, 3.63) is 35.4 Å². The molecule has 1 fully saturated rings. The van der Waals surface area contributed by atoms with Gasteiger partial charge in [0.25, 0.3) is 11.8 Å². The fourth-order valence-corrected chi connectivity index (χ4v) is 5.01. The number of thiazole rings is 1. The standard InChI is InChI=1S/C18H20F2N6O4S2/c1-2-32(27,28)26(12-3-4-14(21-9-12)25-5-7-29-8-6-25)11-15-22-10-13(31-15)17-23-24-18(30-17)16(19)20/h3-4,9-10,16H,2,5-8,11H2,1H3. The summed E-state index contributed by atoms with van der Waals surface area (Å²) < 4.78 is 62.4. The maximum atomic E-state index is 12.8. The third-order valence-corrected chi connectivity index (χ3v) is 7.44. The van der Waals surface area contributed by atoms with E-state index in [9.17, 15) is 17.2 Å². The quantitative estimate of drug-likeness (QED) is 0.474. The van der Waals surface area contributed by atoms with Crippen LogP contribution in [0.1, 0.15) is 24.2 Å². The number of hydrogen-bond donors (Lipinski definition) is 0. The van der Waals surface area contributed by atoms with Crippen LogP contribution in [0.4, 0.5) is 20.3 Å². The van der Waals surface area contributed by atoms with Crippen molar-refractivity contribution in [1.29, 1.82) is 0 Å². The van der Waals surface area contributed by atoms with Gasteiger partial charge in [0.15, 0.2) is 0 Å². The number of ether oxygens (including phenoxy) is 1. The van der Waals surface area contributed by atoms with Crippen molar-refractivity contribution >= 4 is 32.9 Å². The van der Waals surface area contributed by atoms with Crippen molar-refractivity contribution in [2.24, 2.45) is 0 Å². The predicted molar refractivity (Wildman–Crippen MR) is 113 cm³/mol. The van der Waals surface area contributed by atoms with Gasteiger partial charge in [-0.05, 0) is 19.1 Å². The van der Waals surface area contributed by atoms with E-state index in [2.05, 4.69) is 25.1 Å². The van der Waals surface area contributed by atoms with Crippen molar-refractivity contribution in [2.45, 2.75) is 19.9 Å². The van der Waals surface area contributed by atoms with Crippen LogP contribution in [0.3, 0.4) is 0 Å². The fraction of sp³-hybridized carbons (Fsp3) is 0.444. The van der Waals surface area contributed by atoms with Crippen LogP contribution in [-0.4, -0.2) is 60.6 Å². The summed E-state index contributed by atoms with van der Waals surface area (Å²) in [5.74, 6) is -0.242. The number of alkyl halides is 2. The summed E-state index contributed by atoms with van der Waals surface area (Å²) in [7, 11) is -3.64. The van der Waals surface area contributed by atoms with Crippen LogP contribution in [0.15, 0.2) is 28.9 Å². The van der Waals surface area contributed by atoms with Gasteiger partial charge in [-0.25, -0.2) is 18.4 Å². The molecule has 0 saturated carbocycles. The second kappa shape index (κ2) is 9.42. The molecule has 0 amide bonds. The molecule has 0 N–H and O–H groups in total. The summed E-state index contributed by atoms with van der Waals surface area (Å²) in [6.45, 7) is 4.17. The average Bonchev–Trinajstić information content (AvgIpc) is 3.48. The Kier molecular flexibility index (Phi) is 6.62. The molecule has 0 aromatic carbocycles. The molecule has 3 aromatic heterocycles. The molecule has 3 aromatic rings. The lowest BCUT2D eigenvalue weighted by atomic mass is 10.3. The Hall–Kier alpha value is -2.71. The Labute approximate surface area is 186 Å². The summed E-state index contributed by atoms with van der Waals surface area (Å²) in [5.41, 5.74) is 0.401. The lowest BCUT2D eigenvalue weighted by molar-refractivity contribution is 0.116. The lowest BCUT2D eigenvalue weighted by Crippen LogP contribution is -2.37. The first kappa shape index (κ1) is 22.5. The Morgan fingerprint density at radius 3 is 2.59 bits per heavy atom. The van der Waals surface area contributed by atoms with E-state index in [1.54, 1.807) is 19.1 Å². The molecular weight excluding hydrogens is 466 g/mol. The van der Waals surface area contributed by atoms with Crippen LogP contribution >= 0.6 is 11.3 Å². The Morgan fingerprint density at radius 1 is 1.19 bits per heavy atom. The van der Waals surface area contributed by atoms with Gasteiger partial charge >= 0.3 is 6.43 Å². The van der Waals surface area contributed by atoms with Gasteiger partial charge in [-0.1, -0.05) is 0 Å². The first-order valence-corrected chi connectivity index (χ1v) is 12.2. The van der Waals surface area contributed by atoms with Crippen molar-refractivity contribution in [1.82, 2.24) is 20.2 Å². The normalized spacial score (nSPS) is 14.8. The Morgan fingerprint density at radius 2 is 1.97 bits per heavy atom. The van der Waals surface area contributed by atoms with Crippen LogP contribution in [0.5, 0.6) is 0 Å². The molecule has 1 aliphatic heterocycles. The van der Waals surface area contributed by atoms with Gasteiger partial charge in [0.2, 0.25) is 10.0 Å². The summed E-state index contributed by atoms with van der Waals surface area (Å²) in [5, 5.41) is 7.33. The van der Waals surface area contributed by atoms with E-state index in [-0.39, 0.29) is 18.2 Å². The molecular formula is C18H20F2N6O4S2. The number of anilines is 2. The first-order chi connectivity index (χ1) is 15.4.